The first-order valence-corrected chi connectivity index (χ1v) is 6.75. The molecule has 0 bridgehead atoms. The normalized spacial score (nSPS) is 22.3. The Morgan fingerprint density at radius 2 is 2.22 bits per heavy atom. The topological polar surface area (TPSA) is 55.1 Å². The fourth-order valence-corrected chi connectivity index (χ4v) is 2.78. The molecule has 1 unspecified atom stereocenters. The van der Waals surface area contributed by atoms with Crippen LogP contribution in [0.25, 0.3) is 0 Å². The van der Waals surface area contributed by atoms with E-state index in [0.717, 1.165) is 25.7 Å². The van der Waals surface area contributed by atoms with E-state index in [4.69, 9.17) is 5.73 Å². The third-order valence-corrected chi connectivity index (χ3v) is 3.90. The van der Waals surface area contributed by atoms with Crippen LogP contribution in [-0.2, 0) is 16.6 Å². The van der Waals surface area contributed by atoms with Gasteiger partial charge in [0.25, 0.3) is 0 Å². The van der Waals surface area contributed by atoms with Crippen LogP contribution < -0.4 is 11.1 Å². The Kier molecular flexibility index (Phi) is 4.02. The Morgan fingerprint density at radius 1 is 1.44 bits per heavy atom. The molecule has 3 heteroatoms. The van der Waals surface area contributed by atoms with E-state index >= 15 is 0 Å². The second kappa shape index (κ2) is 5.53. The van der Waals surface area contributed by atoms with Crippen LogP contribution in [-0.4, -0.2) is 19.0 Å². The van der Waals surface area contributed by atoms with E-state index in [-0.39, 0.29) is 11.3 Å². The van der Waals surface area contributed by atoms with E-state index in [0.29, 0.717) is 13.1 Å². The molecule has 0 aliphatic heterocycles. The van der Waals surface area contributed by atoms with Gasteiger partial charge in [0.1, 0.15) is 0 Å². The summed E-state index contributed by atoms with van der Waals surface area (Å²) in [7, 11) is 0. The second-order valence-electron chi connectivity index (χ2n) is 5.24. The summed E-state index contributed by atoms with van der Waals surface area (Å²) >= 11 is 0. The first-order valence-electron chi connectivity index (χ1n) is 6.75. The zero-order valence-electron chi connectivity index (χ0n) is 11.0. The van der Waals surface area contributed by atoms with Gasteiger partial charge < -0.3 is 11.1 Å². The fourth-order valence-electron chi connectivity index (χ4n) is 2.78. The molecule has 0 aromatic heterocycles. The van der Waals surface area contributed by atoms with Crippen molar-refractivity contribution in [2.24, 2.45) is 5.73 Å². The van der Waals surface area contributed by atoms with Gasteiger partial charge in [-0.3, -0.25) is 4.79 Å². The maximum absolute atomic E-state index is 12.4. The van der Waals surface area contributed by atoms with Crippen molar-refractivity contribution in [3.63, 3.8) is 0 Å². The van der Waals surface area contributed by atoms with Crippen LogP contribution in [0.1, 0.15) is 37.3 Å². The predicted molar refractivity (Wildman–Crippen MR) is 73.4 cm³/mol. The quantitative estimate of drug-likeness (QED) is 0.795. The van der Waals surface area contributed by atoms with E-state index in [2.05, 4.69) is 30.4 Å². The van der Waals surface area contributed by atoms with E-state index in [1.807, 2.05) is 6.07 Å². The van der Waals surface area contributed by atoms with Crippen LogP contribution in [0.15, 0.2) is 24.3 Å². The lowest BCUT2D eigenvalue weighted by Gasteiger charge is -2.34. The number of hydrogen-bond donors (Lipinski definition) is 2. The van der Waals surface area contributed by atoms with Gasteiger partial charge in [0.15, 0.2) is 0 Å². The zero-order valence-corrected chi connectivity index (χ0v) is 11.0. The maximum Gasteiger partial charge on any atom is 0.230 e. The molecule has 1 amide bonds. The van der Waals surface area contributed by atoms with Crippen molar-refractivity contribution in [3.8, 4) is 0 Å². The molecule has 0 fully saturated rings. The Balaban J connectivity index is 2.18. The van der Waals surface area contributed by atoms with Crippen LogP contribution in [0.2, 0.25) is 0 Å². The summed E-state index contributed by atoms with van der Waals surface area (Å²) in [6.45, 7) is 3.35. The monoisotopic (exact) mass is 246 g/mol. The zero-order chi connectivity index (χ0) is 13.0. The molecule has 1 aliphatic carbocycles. The summed E-state index contributed by atoms with van der Waals surface area (Å²) in [5, 5.41) is 3.02. The molecule has 3 N–H and O–H groups in total. The van der Waals surface area contributed by atoms with Gasteiger partial charge in [-0.25, -0.2) is 0 Å². The third kappa shape index (κ3) is 2.41. The molecule has 2 rings (SSSR count). The molecule has 98 valence electrons. The largest absolute Gasteiger partial charge is 0.355 e. The van der Waals surface area contributed by atoms with Gasteiger partial charge in [-0.15, -0.1) is 0 Å². The highest BCUT2D eigenvalue weighted by atomic mass is 16.2. The summed E-state index contributed by atoms with van der Waals surface area (Å²) in [4.78, 5) is 12.4. The molecule has 1 atom stereocenters. The minimum absolute atomic E-state index is 0.142. The highest BCUT2D eigenvalue weighted by Gasteiger charge is 2.38. The van der Waals surface area contributed by atoms with Crippen molar-refractivity contribution in [2.75, 3.05) is 13.1 Å². The molecular weight excluding hydrogens is 224 g/mol. The minimum atomic E-state index is -0.372. The summed E-state index contributed by atoms with van der Waals surface area (Å²) in [6.07, 6.45) is 3.93. The van der Waals surface area contributed by atoms with Crippen molar-refractivity contribution in [3.05, 3.63) is 35.4 Å². The molecule has 0 saturated carbocycles. The highest BCUT2D eigenvalue weighted by Crippen LogP contribution is 2.37. The molecule has 18 heavy (non-hydrogen) atoms. The molecule has 1 aliphatic rings. The summed E-state index contributed by atoms with van der Waals surface area (Å²) in [6, 6.07) is 8.31. The molecule has 0 radical (unpaired) electrons. The molecule has 1 aromatic rings. The number of hydrogen-bond acceptors (Lipinski definition) is 2. The summed E-state index contributed by atoms with van der Waals surface area (Å²) in [5.41, 5.74) is 7.60. The van der Waals surface area contributed by atoms with Crippen molar-refractivity contribution in [2.45, 2.75) is 38.0 Å². The van der Waals surface area contributed by atoms with Gasteiger partial charge in [-0.2, -0.15) is 0 Å². The Labute approximate surface area is 109 Å². The van der Waals surface area contributed by atoms with Crippen LogP contribution in [0.5, 0.6) is 0 Å². The van der Waals surface area contributed by atoms with Gasteiger partial charge in [-0.05, 0) is 50.3 Å². The number of fused-ring (bicyclic) bond motifs is 1. The van der Waals surface area contributed by atoms with E-state index in [1.165, 1.54) is 11.1 Å². The van der Waals surface area contributed by atoms with Crippen molar-refractivity contribution in [1.82, 2.24) is 5.32 Å². The number of rotatable bonds is 4. The Bertz CT molecular complexity index is 430. The summed E-state index contributed by atoms with van der Waals surface area (Å²) in [5.74, 6) is 0.142. The van der Waals surface area contributed by atoms with Crippen LogP contribution >= 0.6 is 0 Å². The average Bonchev–Trinajstić information content (AvgIpc) is 2.39. The summed E-state index contributed by atoms with van der Waals surface area (Å²) < 4.78 is 0. The fraction of sp³-hybridized carbons (Fsp3) is 0.533. The van der Waals surface area contributed by atoms with Crippen LogP contribution in [0.3, 0.4) is 0 Å². The van der Waals surface area contributed by atoms with E-state index in [1.54, 1.807) is 0 Å². The van der Waals surface area contributed by atoms with Crippen LogP contribution in [0, 0.1) is 0 Å². The first-order chi connectivity index (χ1) is 8.68. The van der Waals surface area contributed by atoms with Gasteiger partial charge >= 0.3 is 0 Å². The molecular formula is C15H22N2O. The SMILES string of the molecule is CC1(C(=O)NCCCN)CCCc2ccccc21. The number of benzene rings is 1. The van der Waals surface area contributed by atoms with Gasteiger partial charge in [0, 0.05) is 6.54 Å². The number of carbonyl (C=O) groups is 1. The smallest absolute Gasteiger partial charge is 0.230 e. The average molecular weight is 246 g/mol. The highest BCUT2D eigenvalue weighted by molar-refractivity contribution is 5.88. The molecule has 0 heterocycles. The molecule has 0 saturated heterocycles. The van der Waals surface area contributed by atoms with Gasteiger partial charge in [0.05, 0.1) is 5.41 Å². The standard InChI is InChI=1S/C15H22N2O/c1-15(14(18)17-11-5-10-16)9-4-7-12-6-2-3-8-13(12)15/h2-3,6,8H,4-5,7,9-11,16H2,1H3,(H,17,18). The number of nitrogens with one attached hydrogen (secondary N) is 1. The Morgan fingerprint density at radius 3 is 3.00 bits per heavy atom. The van der Waals surface area contributed by atoms with E-state index < -0.39 is 0 Å². The molecule has 0 spiro atoms. The van der Waals surface area contributed by atoms with E-state index in [9.17, 15) is 4.79 Å². The lowest BCUT2D eigenvalue weighted by Crippen LogP contribution is -2.44. The predicted octanol–water partition coefficient (Wildman–Crippen LogP) is 1.75. The Hall–Kier alpha value is -1.35. The minimum Gasteiger partial charge on any atom is -0.355 e. The number of amides is 1. The number of nitrogens with two attached hydrogens (primary N) is 1. The first kappa shape index (κ1) is 13.1. The van der Waals surface area contributed by atoms with Gasteiger partial charge in [0.2, 0.25) is 5.91 Å². The molecule has 1 aromatic carbocycles. The van der Waals surface area contributed by atoms with Crippen LogP contribution in [0.4, 0.5) is 0 Å². The second-order valence-corrected chi connectivity index (χ2v) is 5.24. The third-order valence-electron chi connectivity index (χ3n) is 3.90. The van der Waals surface area contributed by atoms with Crippen molar-refractivity contribution in [1.29, 1.82) is 0 Å². The van der Waals surface area contributed by atoms with Crippen molar-refractivity contribution < 1.29 is 4.79 Å². The maximum atomic E-state index is 12.4. The number of aryl methyl sites for hydroxylation is 1. The lowest BCUT2D eigenvalue weighted by molar-refractivity contribution is -0.126. The van der Waals surface area contributed by atoms with Gasteiger partial charge in [-0.1, -0.05) is 24.3 Å². The number of carbonyl (C=O) groups excluding carboxylic acids is 1. The molecule has 3 nitrogen and oxygen atoms in total. The lowest BCUT2D eigenvalue weighted by atomic mass is 9.70. The van der Waals surface area contributed by atoms with Crippen molar-refractivity contribution >= 4 is 5.91 Å².